The van der Waals surface area contributed by atoms with Gasteiger partial charge in [-0.25, -0.2) is 0 Å². The van der Waals surface area contributed by atoms with Gasteiger partial charge in [0.1, 0.15) is 0 Å². The first-order valence-electron chi connectivity index (χ1n) is 23.7. The third kappa shape index (κ3) is 7.16. The van der Waals surface area contributed by atoms with Crippen molar-refractivity contribution in [3.05, 3.63) is 273 Å². The van der Waals surface area contributed by atoms with Crippen LogP contribution in [0.4, 0.5) is 17.1 Å². The predicted octanol–water partition coefficient (Wildman–Crippen LogP) is 18.0. The Morgan fingerprint density at radius 3 is 1.06 bits per heavy atom. The van der Waals surface area contributed by atoms with E-state index in [9.17, 15) is 0 Å². The van der Waals surface area contributed by atoms with Gasteiger partial charge in [0.2, 0.25) is 0 Å². The quantitative estimate of drug-likeness (QED) is 0.141. The van der Waals surface area contributed by atoms with Crippen LogP contribution in [0.2, 0.25) is 0 Å². The van der Waals surface area contributed by atoms with Gasteiger partial charge in [0, 0.05) is 50.0 Å². The molecule has 11 aromatic carbocycles. The highest BCUT2D eigenvalue weighted by molar-refractivity contribution is 6.12. The van der Waals surface area contributed by atoms with Crippen molar-refractivity contribution in [2.24, 2.45) is 0 Å². The normalized spacial score (nSPS) is 11.5. The van der Waals surface area contributed by atoms with Gasteiger partial charge in [-0.15, -0.1) is 0 Å². The van der Waals surface area contributed by atoms with E-state index >= 15 is 0 Å². The summed E-state index contributed by atoms with van der Waals surface area (Å²) in [6.45, 7) is 0. The molecule has 3 heteroatoms. The Morgan fingerprint density at radius 2 is 0.551 bits per heavy atom. The largest absolute Gasteiger partial charge is 0.310 e. The highest BCUT2D eigenvalue weighted by Crippen LogP contribution is 2.41. The summed E-state index contributed by atoms with van der Waals surface area (Å²) in [5.74, 6) is 0. The lowest BCUT2D eigenvalue weighted by Crippen LogP contribution is -2.10. The Balaban J connectivity index is 0.852. The van der Waals surface area contributed by atoms with Gasteiger partial charge in [0.05, 0.1) is 22.1 Å². The van der Waals surface area contributed by atoms with E-state index in [-0.39, 0.29) is 0 Å². The van der Waals surface area contributed by atoms with Crippen LogP contribution in [-0.4, -0.2) is 9.13 Å². The average molecular weight is 880 g/mol. The second-order valence-electron chi connectivity index (χ2n) is 17.8. The highest BCUT2D eigenvalue weighted by atomic mass is 15.1. The van der Waals surface area contributed by atoms with Gasteiger partial charge in [-0.2, -0.15) is 0 Å². The molecule has 0 unspecified atom stereocenters. The molecule has 0 saturated carbocycles. The average Bonchev–Trinajstić information content (AvgIpc) is 3.94. The minimum absolute atomic E-state index is 1.09. The third-order valence-corrected chi connectivity index (χ3v) is 13.7. The van der Waals surface area contributed by atoms with E-state index in [0.717, 1.165) is 33.9 Å². The summed E-state index contributed by atoms with van der Waals surface area (Å²) in [5.41, 5.74) is 19.9. The molecule has 0 N–H and O–H groups in total. The van der Waals surface area contributed by atoms with Crippen LogP contribution in [0.3, 0.4) is 0 Å². The SMILES string of the molecule is c1ccc(-c2ccc(N(c3ccc(-c4ccccc4)cc3)c3cccc(-c4ccc(-n5c6ccccc6c6cc(-c7ccc8c(c7)c7ccccc7n8-c7ccccc7)ccc65)cc4)c3)cc2)cc1. The number of hydrogen-bond donors (Lipinski definition) is 0. The minimum Gasteiger partial charge on any atom is -0.310 e. The number of aromatic nitrogens is 2. The van der Waals surface area contributed by atoms with Crippen molar-refractivity contribution in [1.82, 2.24) is 9.13 Å². The van der Waals surface area contributed by atoms with Crippen molar-refractivity contribution in [1.29, 1.82) is 0 Å². The third-order valence-electron chi connectivity index (χ3n) is 13.7. The topological polar surface area (TPSA) is 13.1 Å². The van der Waals surface area contributed by atoms with Crippen LogP contribution < -0.4 is 4.90 Å². The molecule has 0 spiro atoms. The van der Waals surface area contributed by atoms with Crippen molar-refractivity contribution < 1.29 is 0 Å². The first kappa shape index (κ1) is 40.1. The van der Waals surface area contributed by atoms with E-state index in [4.69, 9.17) is 0 Å². The van der Waals surface area contributed by atoms with Gasteiger partial charge in [0.15, 0.2) is 0 Å². The smallest absolute Gasteiger partial charge is 0.0541 e. The number of para-hydroxylation sites is 3. The van der Waals surface area contributed by atoms with E-state index in [1.807, 2.05) is 0 Å². The van der Waals surface area contributed by atoms with E-state index in [0.29, 0.717) is 0 Å². The Bertz CT molecular complexity index is 3880. The molecule has 0 aliphatic heterocycles. The molecule has 0 atom stereocenters. The molecule has 2 aromatic heterocycles. The van der Waals surface area contributed by atoms with E-state index in [1.54, 1.807) is 0 Å². The molecule has 0 saturated heterocycles. The predicted molar refractivity (Wildman–Crippen MR) is 292 cm³/mol. The number of fused-ring (bicyclic) bond motifs is 6. The second kappa shape index (κ2) is 16.9. The van der Waals surface area contributed by atoms with Crippen LogP contribution in [0.5, 0.6) is 0 Å². The summed E-state index contributed by atoms with van der Waals surface area (Å²) >= 11 is 0. The molecular weight excluding hydrogens is 835 g/mol. The second-order valence-corrected chi connectivity index (χ2v) is 17.8. The first-order chi connectivity index (χ1) is 34.2. The molecule has 69 heavy (non-hydrogen) atoms. The Hall–Kier alpha value is -9.18. The molecule has 2 heterocycles. The zero-order chi connectivity index (χ0) is 45.7. The number of anilines is 3. The molecule has 0 amide bonds. The fraction of sp³-hybridized carbons (Fsp3) is 0. The van der Waals surface area contributed by atoms with Gasteiger partial charge in [-0.05, 0) is 142 Å². The summed E-state index contributed by atoms with van der Waals surface area (Å²) < 4.78 is 4.78. The van der Waals surface area contributed by atoms with E-state index < -0.39 is 0 Å². The molecular formula is C66H45N3. The van der Waals surface area contributed by atoms with Crippen molar-refractivity contribution in [3.63, 3.8) is 0 Å². The maximum absolute atomic E-state index is 2.41. The first-order valence-corrected chi connectivity index (χ1v) is 23.7. The van der Waals surface area contributed by atoms with Crippen LogP contribution >= 0.6 is 0 Å². The number of nitrogens with zero attached hydrogens (tertiary/aromatic N) is 3. The fourth-order valence-electron chi connectivity index (χ4n) is 10.4. The van der Waals surface area contributed by atoms with Crippen LogP contribution in [0.1, 0.15) is 0 Å². The summed E-state index contributed by atoms with van der Waals surface area (Å²) in [6.07, 6.45) is 0. The van der Waals surface area contributed by atoms with Gasteiger partial charge < -0.3 is 14.0 Å². The maximum Gasteiger partial charge on any atom is 0.0541 e. The summed E-state index contributed by atoms with van der Waals surface area (Å²) in [5, 5.41) is 4.98. The number of benzene rings is 11. The Labute approximate surface area is 401 Å². The van der Waals surface area contributed by atoms with Crippen molar-refractivity contribution in [2.75, 3.05) is 4.90 Å². The van der Waals surface area contributed by atoms with Crippen LogP contribution in [0, 0.1) is 0 Å². The lowest BCUT2D eigenvalue weighted by atomic mass is 10.0. The summed E-state index contributed by atoms with van der Waals surface area (Å²) in [4.78, 5) is 2.36. The molecule has 3 nitrogen and oxygen atoms in total. The lowest BCUT2D eigenvalue weighted by Gasteiger charge is -2.26. The van der Waals surface area contributed by atoms with Crippen molar-refractivity contribution in [2.45, 2.75) is 0 Å². The van der Waals surface area contributed by atoms with Crippen LogP contribution in [0.25, 0.3) is 99.5 Å². The number of hydrogen-bond acceptors (Lipinski definition) is 1. The zero-order valence-corrected chi connectivity index (χ0v) is 37.8. The molecule has 0 radical (unpaired) electrons. The Kier molecular flexibility index (Phi) is 9.84. The zero-order valence-electron chi connectivity index (χ0n) is 37.8. The van der Waals surface area contributed by atoms with Crippen molar-refractivity contribution in [3.8, 4) is 55.9 Å². The Morgan fingerprint density at radius 1 is 0.203 bits per heavy atom. The minimum atomic E-state index is 1.09. The van der Waals surface area contributed by atoms with Gasteiger partial charge in [-0.3, -0.25) is 0 Å². The van der Waals surface area contributed by atoms with Gasteiger partial charge in [-0.1, -0.05) is 176 Å². The molecule has 324 valence electrons. The highest BCUT2D eigenvalue weighted by Gasteiger charge is 2.18. The maximum atomic E-state index is 2.41. The molecule has 0 fully saturated rings. The van der Waals surface area contributed by atoms with Crippen LogP contribution in [-0.2, 0) is 0 Å². The molecule has 13 aromatic rings. The summed E-state index contributed by atoms with van der Waals surface area (Å²) in [6, 6.07) is 99.0. The molecule has 0 bridgehead atoms. The monoisotopic (exact) mass is 879 g/mol. The fourth-order valence-corrected chi connectivity index (χ4v) is 10.4. The van der Waals surface area contributed by atoms with Crippen molar-refractivity contribution >= 4 is 60.7 Å². The van der Waals surface area contributed by atoms with E-state index in [1.165, 1.54) is 82.7 Å². The van der Waals surface area contributed by atoms with Gasteiger partial charge in [0.25, 0.3) is 0 Å². The van der Waals surface area contributed by atoms with Gasteiger partial charge >= 0.3 is 0 Å². The molecule has 13 rings (SSSR count). The standard InChI is InChI=1S/C66H45N3/c1-4-15-46(16-5-1)48-27-35-55(36-28-48)67(56-37-29-49(30-38-56)47-17-6-2-7-18-47)58-22-14-19-51(43-58)50-31-39-57(40-32-50)69-64-26-13-11-24-60(64)62-45-53(34-42-66(62)69)52-33-41-65-61(44-52)59-23-10-12-25-63(59)68(65)54-20-8-3-9-21-54/h1-45H. The lowest BCUT2D eigenvalue weighted by molar-refractivity contribution is 1.18. The van der Waals surface area contributed by atoms with Crippen LogP contribution in [0.15, 0.2) is 273 Å². The number of rotatable bonds is 9. The molecule has 0 aliphatic rings. The summed E-state index contributed by atoms with van der Waals surface area (Å²) in [7, 11) is 0. The molecule has 0 aliphatic carbocycles. The van der Waals surface area contributed by atoms with E-state index in [2.05, 4.69) is 287 Å².